The van der Waals surface area contributed by atoms with E-state index < -0.39 is 0 Å². The molecule has 1 aromatic heterocycles. The number of benzene rings is 2. The first-order valence-electron chi connectivity index (χ1n) is 9.06. The van der Waals surface area contributed by atoms with Crippen molar-refractivity contribution in [2.75, 3.05) is 0 Å². The van der Waals surface area contributed by atoms with Crippen molar-refractivity contribution < 1.29 is 9.32 Å². The molecule has 1 aliphatic carbocycles. The Morgan fingerprint density at radius 3 is 2.58 bits per heavy atom. The van der Waals surface area contributed by atoms with Crippen molar-refractivity contribution in [3.63, 3.8) is 0 Å². The van der Waals surface area contributed by atoms with Gasteiger partial charge in [-0.3, -0.25) is 4.79 Å². The van der Waals surface area contributed by atoms with E-state index in [2.05, 4.69) is 41.7 Å². The van der Waals surface area contributed by atoms with Gasteiger partial charge in [-0.15, -0.1) is 0 Å². The predicted molar refractivity (Wildman–Crippen MR) is 100 cm³/mol. The van der Waals surface area contributed by atoms with Crippen LogP contribution in [0.2, 0.25) is 0 Å². The van der Waals surface area contributed by atoms with Crippen molar-refractivity contribution in [1.82, 2.24) is 10.5 Å². The molecule has 2 aromatic carbocycles. The summed E-state index contributed by atoms with van der Waals surface area (Å²) in [6.07, 6.45) is 2.56. The van der Waals surface area contributed by atoms with Gasteiger partial charge in [-0.2, -0.15) is 0 Å². The van der Waals surface area contributed by atoms with E-state index in [4.69, 9.17) is 4.52 Å². The lowest BCUT2D eigenvalue weighted by Gasteiger charge is -2.18. The zero-order chi connectivity index (χ0) is 17.9. The second-order valence-electron chi connectivity index (χ2n) is 7.02. The summed E-state index contributed by atoms with van der Waals surface area (Å²) in [7, 11) is 0. The zero-order valence-electron chi connectivity index (χ0n) is 14.8. The molecule has 1 amide bonds. The van der Waals surface area contributed by atoms with Crippen LogP contribution in [0.4, 0.5) is 0 Å². The number of carbonyl (C=O) groups excluding carboxylic acids is 1. The number of nitrogens with one attached hydrogen (secondary N) is 1. The molecule has 1 heterocycles. The van der Waals surface area contributed by atoms with E-state index in [0.717, 1.165) is 5.56 Å². The van der Waals surface area contributed by atoms with Crippen LogP contribution in [0.1, 0.15) is 35.7 Å². The van der Waals surface area contributed by atoms with Crippen LogP contribution in [-0.4, -0.2) is 11.1 Å². The van der Waals surface area contributed by atoms with Crippen LogP contribution in [0.15, 0.2) is 65.2 Å². The number of rotatable bonds is 6. The monoisotopic (exact) mass is 346 g/mol. The molecule has 0 bridgehead atoms. The summed E-state index contributed by atoms with van der Waals surface area (Å²) in [5.41, 5.74) is 4.02. The van der Waals surface area contributed by atoms with Gasteiger partial charge in [0.15, 0.2) is 5.76 Å². The third kappa shape index (κ3) is 3.85. The topological polar surface area (TPSA) is 55.1 Å². The van der Waals surface area contributed by atoms with Crippen molar-refractivity contribution in [2.24, 2.45) is 5.92 Å². The second kappa shape index (κ2) is 7.16. The average molecular weight is 346 g/mol. The van der Waals surface area contributed by atoms with E-state index in [1.165, 1.54) is 24.0 Å². The van der Waals surface area contributed by atoms with Crippen LogP contribution >= 0.6 is 0 Å². The first-order chi connectivity index (χ1) is 12.7. The fourth-order valence-corrected chi connectivity index (χ4v) is 3.20. The Hall–Kier alpha value is -2.88. The highest BCUT2D eigenvalue weighted by Crippen LogP contribution is 2.41. The summed E-state index contributed by atoms with van der Waals surface area (Å²) in [5.74, 6) is 1.21. The highest BCUT2D eigenvalue weighted by atomic mass is 16.5. The fourth-order valence-electron chi connectivity index (χ4n) is 3.20. The Labute approximate surface area is 153 Å². The van der Waals surface area contributed by atoms with Gasteiger partial charge in [0.2, 0.25) is 5.91 Å². The van der Waals surface area contributed by atoms with Crippen LogP contribution in [-0.2, 0) is 11.2 Å². The summed E-state index contributed by atoms with van der Waals surface area (Å²) in [5, 5.41) is 7.24. The van der Waals surface area contributed by atoms with Gasteiger partial charge in [0.05, 0.1) is 18.2 Å². The number of aryl methyl sites for hydroxylation is 1. The number of amides is 1. The Morgan fingerprint density at radius 2 is 1.88 bits per heavy atom. The van der Waals surface area contributed by atoms with E-state index in [1.54, 1.807) is 0 Å². The summed E-state index contributed by atoms with van der Waals surface area (Å²) in [6.45, 7) is 2.07. The van der Waals surface area contributed by atoms with E-state index in [9.17, 15) is 4.79 Å². The van der Waals surface area contributed by atoms with Crippen molar-refractivity contribution in [2.45, 2.75) is 32.2 Å². The van der Waals surface area contributed by atoms with E-state index in [1.807, 2.05) is 36.4 Å². The van der Waals surface area contributed by atoms with Gasteiger partial charge in [0, 0.05) is 11.6 Å². The number of nitrogens with zero attached hydrogens (tertiary/aromatic N) is 1. The molecular formula is C22H22N2O2. The van der Waals surface area contributed by atoms with Gasteiger partial charge in [0.1, 0.15) is 0 Å². The van der Waals surface area contributed by atoms with Gasteiger partial charge in [-0.1, -0.05) is 65.3 Å². The number of carbonyl (C=O) groups is 1. The molecule has 1 atom stereocenters. The molecule has 4 heteroatoms. The highest BCUT2D eigenvalue weighted by molar-refractivity contribution is 5.79. The Balaban J connectivity index is 1.43. The summed E-state index contributed by atoms with van der Waals surface area (Å²) >= 11 is 0. The second-order valence-corrected chi connectivity index (χ2v) is 7.02. The standard InChI is InChI=1S/C22H22N2O2/c1-15-7-9-17(10-8-15)22(18-11-12-18)23-21(25)14-19-13-20(26-24-19)16-5-3-2-4-6-16/h2-10,13,18,22H,11-12,14H2,1H3,(H,23,25). The largest absolute Gasteiger partial charge is 0.356 e. The van der Waals surface area contributed by atoms with Crippen molar-refractivity contribution >= 4 is 5.91 Å². The van der Waals surface area contributed by atoms with Gasteiger partial charge >= 0.3 is 0 Å². The molecule has 0 saturated heterocycles. The molecule has 1 aliphatic rings. The minimum atomic E-state index is -0.0182. The molecular weight excluding hydrogens is 324 g/mol. The highest BCUT2D eigenvalue weighted by Gasteiger charge is 2.33. The third-order valence-corrected chi connectivity index (χ3v) is 4.81. The third-order valence-electron chi connectivity index (χ3n) is 4.81. The summed E-state index contributed by atoms with van der Waals surface area (Å²) < 4.78 is 5.38. The molecule has 1 fully saturated rings. The Bertz CT molecular complexity index is 880. The molecule has 1 N–H and O–H groups in total. The molecule has 4 rings (SSSR count). The molecule has 4 nitrogen and oxygen atoms in total. The molecule has 1 saturated carbocycles. The fraction of sp³-hybridized carbons (Fsp3) is 0.273. The van der Waals surface area contributed by atoms with E-state index in [-0.39, 0.29) is 18.4 Å². The minimum Gasteiger partial charge on any atom is -0.356 e. The van der Waals surface area contributed by atoms with Crippen molar-refractivity contribution in [1.29, 1.82) is 0 Å². The van der Waals surface area contributed by atoms with Crippen LogP contribution in [0.3, 0.4) is 0 Å². The lowest BCUT2D eigenvalue weighted by atomic mass is 10.0. The summed E-state index contributed by atoms with van der Waals surface area (Å²) in [6, 6.07) is 20.1. The molecule has 1 unspecified atom stereocenters. The van der Waals surface area contributed by atoms with Gasteiger partial charge in [-0.05, 0) is 31.2 Å². The van der Waals surface area contributed by atoms with Crippen molar-refractivity contribution in [3.05, 3.63) is 77.5 Å². The molecule has 0 aliphatic heterocycles. The first kappa shape index (κ1) is 16.6. The molecule has 132 valence electrons. The lowest BCUT2D eigenvalue weighted by molar-refractivity contribution is -0.121. The number of aromatic nitrogens is 1. The molecule has 0 radical (unpaired) electrons. The van der Waals surface area contributed by atoms with Gasteiger partial charge in [0.25, 0.3) is 0 Å². The zero-order valence-corrected chi connectivity index (χ0v) is 14.8. The quantitative estimate of drug-likeness (QED) is 0.717. The lowest BCUT2D eigenvalue weighted by Crippen LogP contribution is -2.31. The predicted octanol–water partition coefficient (Wildman–Crippen LogP) is 4.46. The van der Waals surface area contributed by atoms with E-state index in [0.29, 0.717) is 17.4 Å². The van der Waals surface area contributed by atoms with Crippen LogP contribution < -0.4 is 5.32 Å². The van der Waals surface area contributed by atoms with Crippen LogP contribution in [0.5, 0.6) is 0 Å². The number of hydrogen-bond donors (Lipinski definition) is 1. The van der Waals surface area contributed by atoms with Crippen LogP contribution in [0.25, 0.3) is 11.3 Å². The van der Waals surface area contributed by atoms with Crippen molar-refractivity contribution in [3.8, 4) is 11.3 Å². The van der Waals surface area contributed by atoms with Gasteiger partial charge < -0.3 is 9.84 Å². The first-order valence-corrected chi connectivity index (χ1v) is 9.06. The number of hydrogen-bond acceptors (Lipinski definition) is 3. The molecule has 26 heavy (non-hydrogen) atoms. The molecule has 3 aromatic rings. The normalized spacial score (nSPS) is 14.8. The summed E-state index contributed by atoms with van der Waals surface area (Å²) in [4.78, 5) is 12.5. The van der Waals surface area contributed by atoms with Gasteiger partial charge in [-0.25, -0.2) is 0 Å². The minimum absolute atomic E-state index is 0.0182. The van der Waals surface area contributed by atoms with Crippen LogP contribution in [0, 0.1) is 12.8 Å². The smallest absolute Gasteiger partial charge is 0.226 e. The molecule has 0 spiro atoms. The maximum Gasteiger partial charge on any atom is 0.226 e. The van der Waals surface area contributed by atoms with E-state index >= 15 is 0 Å². The average Bonchev–Trinajstić information content (AvgIpc) is 3.40. The Morgan fingerprint density at radius 1 is 1.15 bits per heavy atom. The Kier molecular flexibility index (Phi) is 4.57. The maximum atomic E-state index is 12.5. The SMILES string of the molecule is Cc1ccc(C(NC(=O)Cc2cc(-c3ccccc3)on2)C2CC2)cc1. The maximum absolute atomic E-state index is 12.5.